The Morgan fingerprint density at radius 3 is 2.59 bits per heavy atom. The van der Waals surface area contributed by atoms with Crippen LogP contribution in [0.25, 0.3) is 0 Å². The van der Waals surface area contributed by atoms with Crippen LogP contribution in [-0.2, 0) is 4.79 Å². The minimum atomic E-state index is -0.144. The molecule has 0 unspecified atom stereocenters. The molecule has 2 heterocycles. The molecule has 2 rings (SSSR count). The van der Waals surface area contributed by atoms with Gasteiger partial charge in [-0.2, -0.15) is 10.1 Å². The monoisotopic (exact) mass is 232 g/mol. The predicted octanol–water partition coefficient (Wildman–Crippen LogP) is 1.66. The summed E-state index contributed by atoms with van der Waals surface area (Å²) in [7, 11) is 0. The van der Waals surface area contributed by atoms with Gasteiger partial charge in [0, 0.05) is 5.71 Å². The molecule has 5 nitrogen and oxygen atoms in total. The summed E-state index contributed by atoms with van der Waals surface area (Å²) >= 11 is 0. The Morgan fingerprint density at radius 2 is 2.12 bits per heavy atom. The zero-order chi connectivity index (χ0) is 12.6. The molecule has 5 heteroatoms. The highest BCUT2D eigenvalue weighted by molar-refractivity contribution is 6.14. The van der Waals surface area contributed by atoms with Crippen LogP contribution in [0.5, 0.6) is 0 Å². The highest BCUT2D eigenvalue weighted by Crippen LogP contribution is 2.26. The van der Waals surface area contributed by atoms with Crippen molar-refractivity contribution in [3.8, 4) is 0 Å². The summed E-state index contributed by atoms with van der Waals surface area (Å²) in [5.41, 5.74) is 6.97. The van der Waals surface area contributed by atoms with E-state index in [2.05, 4.69) is 10.1 Å². The number of hydrazone groups is 1. The van der Waals surface area contributed by atoms with E-state index >= 15 is 0 Å². The number of pyridine rings is 1. The summed E-state index contributed by atoms with van der Waals surface area (Å²) in [5.74, 6) is 0.598. The third-order valence-corrected chi connectivity index (χ3v) is 2.84. The summed E-state index contributed by atoms with van der Waals surface area (Å²) in [5, 5.41) is 5.63. The Labute approximate surface area is 100 Å². The lowest BCUT2D eigenvalue weighted by atomic mass is 9.92. The molecule has 1 aromatic heterocycles. The highest BCUT2D eigenvalue weighted by Gasteiger charge is 2.36. The maximum Gasteiger partial charge on any atom is 0.257 e. The Bertz CT molecular complexity index is 464. The summed E-state index contributed by atoms with van der Waals surface area (Å²) in [6, 6.07) is 3.41. The second kappa shape index (κ2) is 4.16. The molecule has 1 amide bonds. The van der Waals surface area contributed by atoms with Crippen LogP contribution >= 0.6 is 0 Å². The number of carbonyl (C=O) groups is 1. The van der Waals surface area contributed by atoms with Gasteiger partial charge in [-0.3, -0.25) is 4.79 Å². The fourth-order valence-corrected chi connectivity index (χ4v) is 2.03. The maximum atomic E-state index is 12.2. The van der Waals surface area contributed by atoms with Crippen molar-refractivity contribution in [1.29, 1.82) is 0 Å². The Morgan fingerprint density at radius 1 is 1.41 bits per heavy atom. The molecule has 0 saturated carbocycles. The molecule has 0 bridgehead atoms. The molecule has 0 aromatic carbocycles. The molecular weight excluding hydrogens is 216 g/mol. The van der Waals surface area contributed by atoms with Gasteiger partial charge in [-0.25, -0.2) is 4.98 Å². The topological polar surface area (TPSA) is 71.6 Å². The van der Waals surface area contributed by atoms with Gasteiger partial charge in [0.05, 0.1) is 17.8 Å². The van der Waals surface area contributed by atoms with Gasteiger partial charge < -0.3 is 5.73 Å². The second-order valence-electron chi connectivity index (χ2n) is 4.56. The number of anilines is 2. The van der Waals surface area contributed by atoms with Crippen molar-refractivity contribution in [1.82, 2.24) is 4.98 Å². The smallest absolute Gasteiger partial charge is 0.257 e. The molecule has 0 fully saturated rings. The molecule has 0 saturated heterocycles. The fourth-order valence-electron chi connectivity index (χ4n) is 2.03. The zero-order valence-electron chi connectivity index (χ0n) is 10.2. The Hall–Kier alpha value is -1.91. The SMILES string of the molecule is CC1=NN(c2ccc(N)cn2)C(=O)[C@H]1C(C)C. The van der Waals surface area contributed by atoms with Crippen molar-refractivity contribution < 1.29 is 4.79 Å². The van der Waals surface area contributed by atoms with Gasteiger partial charge in [-0.1, -0.05) is 13.8 Å². The molecular formula is C12H16N4O. The molecule has 1 aliphatic rings. The van der Waals surface area contributed by atoms with E-state index in [4.69, 9.17) is 5.73 Å². The van der Waals surface area contributed by atoms with E-state index in [0.29, 0.717) is 11.5 Å². The summed E-state index contributed by atoms with van der Waals surface area (Å²) in [4.78, 5) is 16.3. The van der Waals surface area contributed by atoms with Crippen LogP contribution in [0.1, 0.15) is 20.8 Å². The van der Waals surface area contributed by atoms with Gasteiger partial charge in [-0.15, -0.1) is 0 Å². The van der Waals surface area contributed by atoms with Crippen molar-refractivity contribution >= 4 is 23.1 Å². The van der Waals surface area contributed by atoms with Gasteiger partial charge >= 0.3 is 0 Å². The van der Waals surface area contributed by atoms with Crippen molar-refractivity contribution in [3.05, 3.63) is 18.3 Å². The quantitative estimate of drug-likeness (QED) is 0.842. The van der Waals surface area contributed by atoms with E-state index in [0.717, 1.165) is 5.71 Å². The second-order valence-corrected chi connectivity index (χ2v) is 4.56. The molecule has 0 spiro atoms. The Kier molecular flexibility index (Phi) is 2.83. The first-order chi connectivity index (χ1) is 8.00. The fraction of sp³-hybridized carbons (Fsp3) is 0.417. The number of nitrogens with two attached hydrogens (primary N) is 1. The van der Waals surface area contributed by atoms with Crippen molar-refractivity contribution in [2.24, 2.45) is 16.9 Å². The lowest BCUT2D eigenvalue weighted by Crippen LogP contribution is -2.30. The summed E-state index contributed by atoms with van der Waals surface area (Å²) in [6.45, 7) is 5.91. The van der Waals surface area contributed by atoms with Crippen LogP contribution in [-0.4, -0.2) is 16.6 Å². The molecule has 0 aliphatic carbocycles. The van der Waals surface area contributed by atoms with E-state index in [1.807, 2.05) is 20.8 Å². The van der Waals surface area contributed by atoms with Crippen molar-refractivity contribution in [2.75, 3.05) is 10.7 Å². The van der Waals surface area contributed by atoms with E-state index in [1.165, 1.54) is 11.2 Å². The molecule has 1 atom stereocenters. The zero-order valence-corrected chi connectivity index (χ0v) is 10.2. The molecule has 17 heavy (non-hydrogen) atoms. The number of amides is 1. The molecule has 0 radical (unpaired) electrons. The first kappa shape index (κ1) is 11.6. The van der Waals surface area contributed by atoms with E-state index in [1.54, 1.807) is 12.1 Å². The van der Waals surface area contributed by atoms with Gasteiger partial charge in [0.1, 0.15) is 0 Å². The first-order valence-corrected chi connectivity index (χ1v) is 5.61. The average molecular weight is 232 g/mol. The number of rotatable bonds is 2. The predicted molar refractivity (Wildman–Crippen MR) is 67.6 cm³/mol. The van der Waals surface area contributed by atoms with Gasteiger partial charge in [0.25, 0.3) is 5.91 Å². The van der Waals surface area contributed by atoms with Gasteiger partial charge in [0.2, 0.25) is 0 Å². The van der Waals surface area contributed by atoms with E-state index < -0.39 is 0 Å². The lowest BCUT2D eigenvalue weighted by molar-refractivity contribution is -0.120. The number of carbonyl (C=O) groups excluding carboxylic acids is 1. The summed E-state index contributed by atoms with van der Waals surface area (Å²) < 4.78 is 0. The summed E-state index contributed by atoms with van der Waals surface area (Å²) in [6.07, 6.45) is 1.52. The average Bonchev–Trinajstić information content (AvgIpc) is 2.55. The molecule has 1 aliphatic heterocycles. The van der Waals surface area contributed by atoms with Crippen LogP contribution in [0.2, 0.25) is 0 Å². The standard InChI is InChI=1S/C12H16N4O/c1-7(2)11-8(3)15-16(12(11)17)10-5-4-9(13)6-14-10/h4-7,11H,13H2,1-3H3/t11-/m0/s1. The lowest BCUT2D eigenvalue weighted by Gasteiger charge is -2.15. The maximum absolute atomic E-state index is 12.2. The van der Waals surface area contributed by atoms with Crippen LogP contribution in [0.4, 0.5) is 11.5 Å². The van der Waals surface area contributed by atoms with Crippen molar-refractivity contribution in [3.63, 3.8) is 0 Å². The third-order valence-electron chi connectivity index (χ3n) is 2.84. The number of hydrogen-bond acceptors (Lipinski definition) is 4. The molecule has 2 N–H and O–H groups in total. The molecule has 90 valence electrons. The van der Waals surface area contributed by atoms with E-state index in [-0.39, 0.29) is 17.7 Å². The number of hydrogen-bond donors (Lipinski definition) is 1. The van der Waals surface area contributed by atoms with Crippen LogP contribution in [0.3, 0.4) is 0 Å². The van der Waals surface area contributed by atoms with Crippen molar-refractivity contribution in [2.45, 2.75) is 20.8 Å². The normalized spacial score (nSPS) is 20.0. The Balaban J connectivity index is 2.31. The minimum absolute atomic E-state index is 0.0187. The third kappa shape index (κ3) is 2.00. The number of aromatic nitrogens is 1. The van der Waals surface area contributed by atoms with E-state index in [9.17, 15) is 4.79 Å². The number of nitrogen functional groups attached to an aromatic ring is 1. The largest absolute Gasteiger partial charge is 0.397 e. The number of nitrogens with zero attached hydrogens (tertiary/aromatic N) is 3. The van der Waals surface area contributed by atoms with Gasteiger partial charge in [-0.05, 0) is 25.0 Å². The minimum Gasteiger partial charge on any atom is -0.397 e. The van der Waals surface area contributed by atoms with Crippen LogP contribution in [0.15, 0.2) is 23.4 Å². The van der Waals surface area contributed by atoms with Crippen LogP contribution in [0, 0.1) is 11.8 Å². The highest BCUT2D eigenvalue weighted by atomic mass is 16.2. The van der Waals surface area contributed by atoms with Crippen LogP contribution < -0.4 is 10.7 Å². The first-order valence-electron chi connectivity index (χ1n) is 5.61. The van der Waals surface area contributed by atoms with Gasteiger partial charge in [0.15, 0.2) is 5.82 Å². The molecule has 1 aromatic rings.